The van der Waals surface area contributed by atoms with E-state index in [4.69, 9.17) is 0 Å². The molecule has 0 saturated carbocycles. The van der Waals surface area contributed by atoms with E-state index in [1.165, 1.54) is 0 Å². The van der Waals surface area contributed by atoms with Gasteiger partial charge in [-0.15, -0.1) is 0 Å². The highest BCUT2D eigenvalue weighted by atomic mass is 16.1. The molecule has 0 saturated heterocycles. The van der Waals surface area contributed by atoms with Crippen LogP contribution in [0.25, 0.3) is 0 Å². The molecule has 0 bridgehead atoms. The Morgan fingerprint density at radius 2 is 1.86 bits per heavy atom. The van der Waals surface area contributed by atoms with E-state index >= 15 is 0 Å². The molecular formula is C18H18N2O. The number of hydrogen-bond donors (Lipinski definition) is 1. The van der Waals surface area contributed by atoms with Crippen molar-refractivity contribution in [3.05, 3.63) is 65.7 Å². The number of carbonyl (C=O) groups is 1. The Bertz CT molecular complexity index is 666. The van der Waals surface area contributed by atoms with Crippen molar-refractivity contribution < 1.29 is 4.79 Å². The lowest BCUT2D eigenvalue weighted by Gasteiger charge is -2.13. The number of hydrogen-bond acceptors (Lipinski definition) is 2. The van der Waals surface area contributed by atoms with Gasteiger partial charge in [-0.3, -0.25) is 4.79 Å². The van der Waals surface area contributed by atoms with Gasteiger partial charge >= 0.3 is 0 Å². The van der Waals surface area contributed by atoms with Gasteiger partial charge in [-0.25, -0.2) is 0 Å². The minimum atomic E-state index is -0.110. The van der Waals surface area contributed by atoms with Crippen LogP contribution in [0.3, 0.4) is 0 Å². The Morgan fingerprint density at radius 3 is 2.57 bits per heavy atom. The first kappa shape index (κ1) is 14.7. The van der Waals surface area contributed by atoms with Crippen LogP contribution in [0.15, 0.2) is 54.6 Å². The Morgan fingerprint density at radius 1 is 1.10 bits per heavy atom. The summed E-state index contributed by atoms with van der Waals surface area (Å²) in [6.07, 6.45) is 0. The molecule has 0 fully saturated rings. The normalized spacial score (nSPS) is 9.43. The molecular weight excluding hydrogens is 260 g/mol. The van der Waals surface area contributed by atoms with Gasteiger partial charge < -0.3 is 10.2 Å². The first-order valence-electron chi connectivity index (χ1n) is 6.76. The first-order valence-corrected chi connectivity index (χ1v) is 6.76. The van der Waals surface area contributed by atoms with Crippen molar-refractivity contribution in [1.82, 2.24) is 5.32 Å². The number of amides is 1. The van der Waals surface area contributed by atoms with Gasteiger partial charge in [-0.05, 0) is 30.3 Å². The lowest BCUT2D eigenvalue weighted by atomic mass is 10.2. The van der Waals surface area contributed by atoms with Crippen molar-refractivity contribution in [3.63, 3.8) is 0 Å². The van der Waals surface area contributed by atoms with Gasteiger partial charge in [0.05, 0.1) is 6.54 Å². The van der Waals surface area contributed by atoms with Crippen LogP contribution in [0, 0.1) is 11.8 Å². The lowest BCUT2D eigenvalue weighted by molar-refractivity contribution is 0.0958. The second kappa shape index (κ2) is 7.16. The van der Waals surface area contributed by atoms with Gasteiger partial charge in [0.2, 0.25) is 0 Å². The third-order valence-electron chi connectivity index (χ3n) is 2.97. The number of carbonyl (C=O) groups excluding carboxylic acids is 1. The molecule has 2 aromatic carbocycles. The topological polar surface area (TPSA) is 32.3 Å². The SMILES string of the molecule is CN(C)c1cccc(C(=O)NCC#Cc2ccccc2)c1. The van der Waals surface area contributed by atoms with Crippen LogP contribution >= 0.6 is 0 Å². The zero-order valence-corrected chi connectivity index (χ0v) is 12.3. The van der Waals surface area contributed by atoms with Gasteiger partial charge in [0.15, 0.2) is 0 Å². The van der Waals surface area contributed by atoms with Crippen molar-refractivity contribution >= 4 is 11.6 Å². The highest BCUT2D eigenvalue weighted by Crippen LogP contribution is 2.13. The summed E-state index contributed by atoms with van der Waals surface area (Å²) in [4.78, 5) is 14.0. The Labute approximate surface area is 125 Å². The van der Waals surface area contributed by atoms with Gasteiger partial charge in [0.25, 0.3) is 5.91 Å². The largest absolute Gasteiger partial charge is 0.378 e. The Hall–Kier alpha value is -2.73. The molecule has 0 aliphatic rings. The highest BCUT2D eigenvalue weighted by molar-refractivity contribution is 5.95. The molecule has 0 spiro atoms. The van der Waals surface area contributed by atoms with E-state index in [2.05, 4.69) is 17.2 Å². The van der Waals surface area contributed by atoms with E-state index in [9.17, 15) is 4.79 Å². The smallest absolute Gasteiger partial charge is 0.252 e. The van der Waals surface area contributed by atoms with Crippen LogP contribution in [0.5, 0.6) is 0 Å². The van der Waals surface area contributed by atoms with Crippen LogP contribution in [0.2, 0.25) is 0 Å². The van der Waals surface area contributed by atoms with Crippen LogP contribution in [-0.2, 0) is 0 Å². The predicted molar refractivity (Wildman–Crippen MR) is 86.4 cm³/mol. The average Bonchev–Trinajstić information content (AvgIpc) is 2.52. The third-order valence-corrected chi connectivity index (χ3v) is 2.97. The Balaban J connectivity index is 1.94. The molecule has 3 heteroatoms. The maximum atomic E-state index is 12.0. The van der Waals surface area contributed by atoms with Gasteiger partial charge in [0.1, 0.15) is 0 Å². The molecule has 0 unspecified atom stereocenters. The average molecular weight is 278 g/mol. The number of rotatable bonds is 3. The molecule has 0 atom stereocenters. The summed E-state index contributed by atoms with van der Waals surface area (Å²) in [5, 5.41) is 2.80. The van der Waals surface area contributed by atoms with Crippen molar-refractivity contribution in [3.8, 4) is 11.8 Å². The number of benzene rings is 2. The van der Waals surface area contributed by atoms with Crippen molar-refractivity contribution in [2.24, 2.45) is 0 Å². The van der Waals surface area contributed by atoms with E-state index < -0.39 is 0 Å². The fourth-order valence-electron chi connectivity index (χ4n) is 1.82. The standard InChI is InChI=1S/C18H18N2O/c1-20(2)17-12-6-11-16(14-17)18(21)19-13-7-10-15-8-4-3-5-9-15/h3-6,8-9,11-12,14H,13H2,1-2H3,(H,19,21). The predicted octanol–water partition coefficient (Wildman–Crippen LogP) is 2.53. The molecule has 106 valence electrons. The lowest BCUT2D eigenvalue weighted by Crippen LogP contribution is -2.23. The third kappa shape index (κ3) is 4.39. The van der Waals surface area contributed by atoms with Crippen molar-refractivity contribution in [2.45, 2.75) is 0 Å². The second-order valence-corrected chi connectivity index (χ2v) is 4.80. The molecule has 0 aromatic heterocycles. The zero-order chi connectivity index (χ0) is 15.1. The van der Waals surface area contributed by atoms with E-state index in [-0.39, 0.29) is 5.91 Å². The molecule has 1 N–H and O–H groups in total. The quantitative estimate of drug-likeness (QED) is 0.875. The first-order chi connectivity index (χ1) is 10.2. The van der Waals surface area contributed by atoms with E-state index in [0.29, 0.717) is 12.1 Å². The van der Waals surface area contributed by atoms with Crippen LogP contribution in [0.1, 0.15) is 15.9 Å². The second-order valence-electron chi connectivity index (χ2n) is 4.80. The zero-order valence-electron chi connectivity index (χ0n) is 12.3. The van der Waals surface area contributed by atoms with E-state index in [1.54, 1.807) is 6.07 Å². The molecule has 0 radical (unpaired) electrons. The molecule has 21 heavy (non-hydrogen) atoms. The summed E-state index contributed by atoms with van der Waals surface area (Å²) < 4.78 is 0. The monoisotopic (exact) mass is 278 g/mol. The van der Waals surface area contributed by atoms with E-state index in [1.807, 2.05) is 67.5 Å². The Kier molecular flexibility index (Phi) is 5.00. The van der Waals surface area contributed by atoms with Crippen LogP contribution < -0.4 is 10.2 Å². The number of nitrogens with zero attached hydrogens (tertiary/aromatic N) is 1. The van der Waals surface area contributed by atoms with E-state index in [0.717, 1.165) is 11.3 Å². The van der Waals surface area contributed by atoms with Crippen LogP contribution in [-0.4, -0.2) is 26.5 Å². The number of nitrogens with one attached hydrogen (secondary N) is 1. The molecule has 0 aliphatic carbocycles. The van der Waals surface area contributed by atoms with Crippen molar-refractivity contribution in [1.29, 1.82) is 0 Å². The summed E-state index contributed by atoms with van der Waals surface area (Å²) in [5.74, 6) is 5.85. The van der Waals surface area contributed by atoms with Crippen LogP contribution in [0.4, 0.5) is 5.69 Å². The minimum Gasteiger partial charge on any atom is -0.378 e. The fraction of sp³-hybridized carbons (Fsp3) is 0.167. The molecule has 0 heterocycles. The van der Waals surface area contributed by atoms with Gasteiger partial charge in [-0.1, -0.05) is 36.1 Å². The van der Waals surface area contributed by atoms with Gasteiger partial charge in [-0.2, -0.15) is 0 Å². The maximum absolute atomic E-state index is 12.0. The fourth-order valence-corrected chi connectivity index (χ4v) is 1.82. The molecule has 2 rings (SSSR count). The summed E-state index contributed by atoms with van der Waals surface area (Å²) >= 11 is 0. The van der Waals surface area contributed by atoms with Crippen molar-refractivity contribution in [2.75, 3.05) is 25.5 Å². The summed E-state index contributed by atoms with van der Waals surface area (Å²) in [6.45, 7) is 0.333. The molecule has 3 nitrogen and oxygen atoms in total. The molecule has 0 aliphatic heterocycles. The molecule has 1 amide bonds. The maximum Gasteiger partial charge on any atom is 0.252 e. The van der Waals surface area contributed by atoms with Gasteiger partial charge in [0, 0.05) is 30.9 Å². The summed E-state index contributed by atoms with van der Waals surface area (Å²) in [6, 6.07) is 17.2. The summed E-state index contributed by atoms with van der Waals surface area (Å²) in [5.41, 5.74) is 2.59. The highest BCUT2D eigenvalue weighted by Gasteiger charge is 2.05. The summed E-state index contributed by atoms with van der Waals surface area (Å²) in [7, 11) is 3.89. The minimum absolute atomic E-state index is 0.110. The number of anilines is 1. The molecule has 2 aromatic rings.